The van der Waals surface area contributed by atoms with Gasteiger partial charge in [0.25, 0.3) is 5.16 Å². The Morgan fingerprint density at radius 3 is 2.40 bits per heavy atom. The van der Waals surface area contributed by atoms with Crippen LogP contribution in [0.15, 0.2) is 35.5 Å². The molecule has 108 valence electrons. The molecule has 0 fully saturated rings. The molecule has 0 radical (unpaired) electrons. The number of aromatic nitrogens is 4. The Hall–Kier alpha value is -1.76. The third-order valence-corrected chi connectivity index (χ3v) is 5.12. The Labute approximate surface area is 118 Å². The molecule has 6 nitrogen and oxygen atoms in total. The van der Waals surface area contributed by atoms with Crippen LogP contribution in [0.3, 0.4) is 0 Å². The summed E-state index contributed by atoms with van der Waals surface area (Å²) in [5.41, 5.74) is 0.633. The molecule has 0 saturated heterocycles. The van der Waals surface area contributed by atoms with Crippen LogP contribution in [0.25, 0.3) is 5.69 Å². The Kier molecular flexibility index (Phi) is 4.17. The van der Waals surface area contributed by atoms with Crippen molar-refractivity contribution < 1.29 is 8.42 Å². The van der Waals surface area contributed by atoms with Gasteiger partial charge in [-0.3, -0.25) is 0 Å². The van der Waals surface area contributed by atoms with E-state index in [4.69, 9.17) is 0 Å². The van der Waals surface area contributed by atoms with Crippen molar-refractivity contribution in [3.05, 3.63) is 30.3 Å². The quantitative estimate of drug-likeness (QED) is 0.839. The molecule has 0 aliphatic heterocycles. The zero-order chi connectivity index (χ0) is 14.8. The lowest BCUT2D eigenvalue weighted by Crippen LogP contribution is -2.21. The highest BCUT2D eigenvalue weighted by atomic mass is 32.2. The highest BCUT2D eigenvalue weighted by Gasteiger charge is 2.27. The first-order valence-corrected chi connectivity index (χ1v) is 8.13. The van der Waals surface area contributed by atoms with Crippen LogP contribution in [-0.2, 0) is 9.84 Å². The Morgan fingerprint density at radius 1 is 1.15 bits per heavy atom. The van der Waals surface area contributed by atoms with Crippen molar-refractivity contribution in [1.82, 2.24) is 20.2 Å². The standard InChI is InChI=1S/C13H18N4O2S/c1-10(2)11(3)9-20(18,19)13-14-15-16-17(13)12-7-5-4-6-8-12/h4-8,10-11H,9H2,1-3H3/t11-/m0/s1. The highest BCUT2D eigenvalue weighted by molar-refractivity contribution is 7.91. The third-order valence-electron chi connectivity index (χ3n) is 3.34. The van der Waals surface area contributed by atoms with Gasteiger partial charge in [-0.2, -0.15) is 4.68 Å². The predicted octanol–water partition coefficient (Wildman–Crippen LogP) is 1.73. The van der Waals surface area contributed by atoms with Gasteiger partial charge in [0.05, 0.1) is 11.4 Å². The summed E-state index contributed by atoms with van der Waals surface area (Å²) in [6, 6.07) is 9.00. The number of sulfone groups is 1. The zero-order valence-electron chi connectivity index (χ0n) is 11.8. The van der Waals surface area contributed by atoms with Gasteiger partial charge in [-0.05, 0) is 34.4 Å². The number of para-hydroxylation sites is 1. The summed E-state index contributed by atoms with van der Waals surface area (Å²) in [4.78, 5) is 0. The van der Waals surface area contributed by atoms with Crippen LogP contribution in [0.2, 0.25) is 0 Å². The maximum absolute atomic E-state index is 12.4. The van der Waals surface area contributed by atoms with E-state index in [1.807, 2.05) is 39.0 Å². The molecule has 1 aromatic carbocycles. The van der Waals surface area contributed by atoms with Crippen LogP contribution in [-0.4, -0.2) is 34.4 Å². The van der Waals surface area contributed by atoms with E-state index in [0.29, 0.717) is 5.69 Å². The molecular formula is C13H18N4O2S. The molecule has 20 heavy (non-hydrogen) atoms. The van der Waals surface area contributed by atoms with Crippen molar-refractivity contribution in [2.45, 2.75) is 25.9 Å². The molecule has 1 heterocycles. The lowest BCUT2D eigenvalue weighted by molar-refractivity contribution is 0.450. The zero-order valence-corrected chi connectivity index (χ0v) is 12.6. The van der Waals surface area contributed by atoms with E-state index in [2.05, 4.69) is 15.5 Å². The van der Waals surface area contributed by atoms with Crippen LogP contribution in [0.4, 0.5) is 0 Å². The molecule has 1 aromatic heterocycles. The van der Waals surface area contributed by atoms with Crippen LogP contribution in [0.5, 0.6) is 0 Å². The van der Waals surface area contributed by atoms with Gasteiger partial charge in [0.2, 0.25) is 9.84 Å². The summed E-state index contributed by atoms with van der Waals surface area (Å²) in [6.45, 7) is 5.92. The Balaban J connectivity index is 2.37. The molecule has 0 bridgehead atoms. The number of tetrazole rings is 1. The van der Waals surface area contributed by atoms with Gasteiger partial charge in [-0.25, -0.2) is 8.42 Å². The van der Waals surface area contributed by atoms with Gasteiger partial charge < -0.3 is 0 Å². The topological polar surface area (TPSA) is 77.7 Å². The van der Waals surface area contributed by atoms with E-state index >= 15 is 0 Å². The largest absolute Gasteiger partial charge is 0.272 e. The number of rotatable bonds is 5. The van der Waals surface area contributed by atoms with Crippen molar-refractivity contribution in [1.29, 1.82) is 0 Å². The first-order valence-electron chi connectivity index (χ1n) is 6.48. The molecular weight excluding hydrogens is 276 g/mol. The summed E-state index contributed by atoms with van der Waals surface area (Å²) in [5.74, 6) is 0.365. The first-order chi connectivity index (χ1) is 9.42. The molecule has 0 amide bonds. The predicted molar refractivity (Wildman–Crippen MR) is 75.2 cm³/mol. The minimum Gasteiger partial charge on any atom is -0.220 e. The SMILES string of the molecule is CC(C)[C@@H](C)CS(=O)(=O)c1nnnn1-c1ccccc1. The molecule has 0 aliphatic rings. The second kappa shape index (κ2) is 5.70. The maximum atomic E-state index is 12.4. The van der Waals surface area contributed by atoms with E-state index < -0.39 is 9.84 Å². The fourth-order valence-corrected chi connectivity index (χ4v) is 3.51. The smallest absolute Gasteiger partial charge is 0.220 e. The van der Waals surface area contributed by atoms with Gasteiger partial charge in [0.15, 0.2) is 0 Å². The van der Waals surface area contributed by atoms with Crippen LogP contribution < -0.4 is 0 Å². The molecule has 2 aromatic rings. The molecule has 7 heteroatoms. The molecule has 1 atom stereocenters. The maximum Gasteiger partial charge on any atom is 0.272 e. The molecule has 2 rings (SSSR count). The average Bonchev–Trinajstić information content (AvgIpc) is 2.89. The Morgan fingerprint density at radius 2 is 1.80 bits per heavy atom. The van der Waals surface area contributed by atoms with E-state index in [9.17, 15) is 8.42 Å². The summed E-state index contributed by atoms with van der Waals surface area (Å²) < 4.78 is 26.1. The van der Waals surface area contributed by atoms with Crippen molar-refractivity contribution in [2.24, 2.45) is 11.8 Å². The van der Waals surface area contributed by atoms with E-state index in [0.717, 1.165) is 0 Å². The van der Waals surface area contributed by atoms with Gasteiger partial charge in [-0.1, -0.05) is 44.1 Å². The first kappa shape index (κ1) is 14.6. The number of hydrogen-bond acceptors (Lipinski definition) is 5. The highest BCUT2D eigenvalue weighted by Crippen LogP contribution is 2.18. The third kappa shape index (κ3) is 3.04. The van der Waals surface area contributed by atoms with E-state index in [1.54, 1.807) is 12.1 Å². The van der Waals surface area contributed by atoms with Gasteiger partial charge >= 0.3 is 0 Å². The Bertz CT molecular complexity index is 665. The van der Waals surface area contributed by atoms with Gasteiger partial charge in [-0.15, -0.1) is 0 Å². The van der Waals surface area contributed by atoms with Crippen LogP contribution in [0.1, 0.15) is 20.8 Å². The fraction of sp³-hybridized carbons (Fsp3) is 0.462. The van der Waals surface area contributed by atoms with Gasteiger partial charge in [0, 0.05) is 0 Å². The van der Waals surface area contributed by atoms with Crippen molar-refractivity contribution in [3.63, 3.8) is 0 Å². The van der Waals surface area contributed by atoms with E-state index in [1.165, 1.54) is 4.68 Å². The molecule has 0 N–H and O–H groups in total. The average molecular weight is 294 g/mol. The van der Waals surface area contributed by atoms with E-state index in [-0.39, 0.29) is 22.7 Å². The number of hydrogen-bond donors (Lipinski definition) is 0. The van der Waals surface area contributed by atoms with Gasteiger partial charge in [0.1, 0.15) is 0 Å². The minimum absolute atomic E-state index is 0.0396. The lowest BCUT2D eigenvalue weighted by atomic mass is 10.0. The van der Waals surface area contributed by atoms with Crippen molar-refractivity contribution in [3.8, 4) is 5.69 Å². The van der Waals surface area contributed by atoms with Crippen molar-refractivity contribution >= 4 is 9.84 Å². The second-order valence-corrected chi connectivity index (χ2v) is 7.14. The number of nitrogens with zero attached hydrogens (tertiary/aromatic N) is 4. The summed E-state index contributed by atoms with van der Waals surface area (Å²) in [5, 5.41) is 10.9. The molecule has 0 saturated carbocycles. The minimum atomic E-state index is -3.51. The number of benzene rings is 1. The monoisotopic (exact) mass is 294 g/mol. The van der Waals surface area contributed by atoms with Crippen molar-refractivity contribution in [2.75, 3.05) is 5.75 Å². The molecule has 0 spiro atoms. The lowest BCUT2D eigenvalue weighted by Gasteiger charge is -2.14. The summed E-state index contributed by atoms with van der Waals surface area (Å²) in [7, 11) is -3.51. The summed E-state index contributed by atoms with van der Waals surface area (Å²) >= 11 is 0. The molecule has 0 unspecified atom stereocenters. The van der Waals surface area contributed by atoms with Crippen LogP contribution >= 0.6 is 0 Å². The fourth-order valence-electron chi connectivity index (χ4n) is 1.72. The normalized spacial score (nSPS) is 13.6. The summed E-state index contributed by atoms with van der Waals surface area (Å²) in [6.07, 6.45) is 0. The molecule has 0 aliphatic carbocycles. The van der Waals surface area contributed by atoms with Crippen LogP contribution in [0, 0.1) is 11.8 Å². The second-order valence-electron chi connectivity index (χ2n) is 5.21.